The summed E-state index contributed by atoms with van der Waals surface area (Å²) in [6.45, 7) is 3.65. The van der Waals surface area contributed by atoms with Crippen molar-refractivity contribution in [2.75, 3.05) is 26.9 Å². The lowest BCUT2D eigenvalue weighted by molar-refractivity contribution is 0.122. The molecule has 0 aliphatic heterocycles. The van der Waals surface area contributed by atoms with Gasteiger partial charge in [-0.05, 0) is 55.5 Å². The fourth-order valence-electron chi connectivity index (χ4n) is 1.87. The minimum Gasteiger partial charge on any atom is -0.497 e. The van der Waals surface area contributed by atoms with Gasteiger partial charge in [0.05, 0.1) is 7.11 Å². The van der Waals surface area contributed by atoms with Crippen molar-refractivity contribution in [3.05, 3.63) is 28.2 Å². The van der Waals surface area contributed by atoms with Crippen LogP contribution in [-0.4, -0.2) is 26.9 Å². The third kappa shape index (κ3) is 5.51. The van der Waals surface area contributed by atoms with Crippen LogP contribution in [-0.2, 0) is 11.3 Å². The summed E-state index contributed by atoms with van der Waals surface area (Å²) in [6, 6.07) is 6.04. The van der Waals surface area contributed by atoms with Gasteiger partial charge in [-0.15, -0.1) is 0 Å². The van der Waals surface area contributed by atoms with E-state index in [0.29, 0.717) is 0 Å². The van der Waals surface area contributed by atoms with Gasteiger partial charge < -0.3 is 14.8 Å². The van der Waals surface area contributed by atoms with Crippen LogP contribution in [0.25, 0.3) is 0 Å². The molecule has 4 heteroatoms. The van der Waals surface area contributed by atoms with Crippen molar-refractivity contribution >= 4 is 15.9 Å². The second-order valence-corrected chi connectivity index (χ2v) is 5.86. The predicted octanol–water partition coefficient (Wildman–Crippen LogP) is 3.36. The van der Waals surface area contributed by atoms with Crippen LogP contribution >= 0.6 is 15.9 Å². The molecule has 0 radical (unpaired) electrons. The van der Waals surface area contributed by atoms with Crippen molar-refractivity contribution in [1.82, 2.24) is 5.32 Å². The van der Waals surface area contributed by atoms with Gasteiger partial charge in [0.1, 0.15) is 5.75 Å². The average molecular weight is 328 g/mol. The van der Waals surface area contributed by atoms with Gasteiger partial charge >= 0.3 is 0 Å². The highest BCUT2D eigenvalue weighted by Gasteiger charge is 2.20. The van der Waals surface area contributed by atoms with E-state index in [1.54, 1.807) is 7.11 Å². The first kappa shape index (κ1) is 14.8. The number of nitrogens with one attached hydrogen (secondary N) is 1. The number of hydrogen-bond donors (Lipinski definition) is 1. The molecule has 0 spiro atoms. The Morgan fingerprint density at radius 2 is 2.21 bits per heavy atom. The van der Waals surface area contributed by atoms with E-state index in [1.807, 2.05) is 12.1 Å². The SMILES string of the molecule is COc1ccc(Br)c(CNCCCOCC2CC2)c1. The number of hydrogen-bond acceptors (Lipinski definition) is 3. The second-order valence-electron chi connectivity index (χ2n) is 5.01. The molecule has 1 aromatic carbocycles. The maximum absolute atomic E-state index is 5.60. The van der Waals surface area contributed by atoms with Crippen molar-refractivity contribution < 1.29 is 9.47 Å². The molecular weight excluding hydrogens is 306 g/mol. The summed E-state index contributed by atoms with van der Waals surface area (Å²) in [5.41, 5.74) is 1.22. The van der Waals surface area contributed by atoms with Crippen LogP contribution in [0.3, 0.4) is 0 Å². The fourth-order valence-corrected chi connectivity index (χ4v) is 2.26. The normalized spacial score (nSPS) is 14.6. The predicted molar refractivity (Wildman–Crippen MR) is 80.6 cm³/mol. The Morgan fingerprint density at radius 1 is 1.37 bits per heavy atom. The maximum atomic E-state index is 5.60. The van der Waals surface area contributed by atoms with E-state index in [9.17, 15) is 0 Å². The highest BCUT2D eigenvalue weighted by atomic mass is 79.9. The van der Waals surface area contributed by atoms with E-state index < -0.39 is 0 Å². The zero-order valence-electron chi connectivity index (χ0n) is 11.5. The van der Waals surface area contributed by atoms with Crippen molar-refractivity contribution in [3.8, 4) is 5.75 Å². The molecule has 0 atom stereocenters. The number of halogens is 1. The van der Waals surface area contributed by atoms with E-state index in [4.69, 9.17) is 9.47 Å². The molecule has 0 unspecified atom stereocenters. The molecule has 0 saturated heterocycles. The zero-order valence-corrected chi connectivity index (χ0v) is 13.0. The third-order valence-corrected chi connectivity index (χ3v) is 4.03. The van der Waals surface area contributed by atoms with Crippen LogP contribution in [0, 0.1) is 5.92 Å². The standard InChI is InChI=1S/C15H22BrNO2/c1-18-14-5-6-15(16)13(9-14)10-17-7-2-8-19-11-12-3-4-12/h5-6,9,12,17H,2-4,7-8,10-11H2,1H3. The largest absolute Gasteiger partial charge is 0.497 e. The molecule has 1 fully saturated rings. The lowest BCUT2D eigenvalue weighted by atomic mass is 10.2. The molecule has 1 aromatic rings. The molecule has 1 aliphatic rings. The summed E-state index contributed by atoms with van der Waals surface area (Å²) < 4.78 is 11.9. The molecule has 0 bridgehead atoms. The van der Waals surface area contributed by atoms with E-state index >= 15 is 0 Å². The van der Waals surface area contributed by atoms with Gasteiger partial charge in [-0.2, -0.15) is 0 Å². The minimum atomic E-state index is 0.848. The lowest BCUT2D eigenvalue weighted by Crippen LogP contribution is -2.17. The monoisotopic (exact) mass is 327 g/mol. The first-order valence-corrected chi connectivity index (χ1v) is 7.70. The summed E-state index contributed by atoms with van der Waals surface area (Å²) >= 11 is 3.56. The van der Waals surface area contributed by atoms with Crippen LogP contribution in [0.5, 0.6) is 5.75 Å². The van der Waals surface area contributed by atoms with Crippen molar-refractivity contribution in [3.63, 3.8) is 0 Å². The Balaban J connectivity index is 1.58. The first-order valence-electron chi connectivity index (χ1n) is 6.90. The van der Waals surface area contributed by atoms with E-state index in [0.717, 1.165) is 48.9 Å². The van der Waals surface area contributed by atoms with Gasteiger partial charge in [-0.25, -0.2) is 0 Å². The van der Waals surface area contributed by atoms with Crippen LogP contribution in [0.15, 0.2) is 22.7 Å². The summed E-state index contributed by atoms with van der Waals surface area (Å²) in [5, 5.41) is 3.43. The van der Waals surface area contributed by atoms with E-state index in [-0.39, 0.29) is 0 Å². The summed E-state index contributed by atoms with van der Waals surface area (Å²) in [4.78, 5) is 0. The van der Waals surface area contributed by atoms with Crippen LogP contribution in [0.4, 0.5) is 0 Å². The second kappa shape index (κ2) is 7.88. The Morgan fingerprint density at radius 3 is 2.95 bits per heavy atom. The molecule has 0 amide bonds. The molecule has 1 saturated carbocycles. The molecule has 2 rings (SSSR count). The number of methoxy groups -OCH3 is 1. The Hall–Kier alpha value is -0.580. The quantitative estimate of drug-likeness (QED) is 0.705. The molecule has 0 heterocycles. The van der Waals surface area contributed by atoms with Crippen LogP contribution < -0.4 is 10.1 Å². The summed E-state index contributed by atoms with van der Waals surface area (Å²) in [7, 11) is 1.69. The van der Waals surface area contributed by atoms with Gasteiger partial charge in [-0.3, -0.25) is 0 Å². The first-order chi connectivity index (χ1) is 9.29. The molecule has 1 N–H and O–H groups in total. The number of benzene rings is 1. The Bertz CT molecular complexity index is 394. The van der Waals surface area contributed by atoms with Gasteiger partial charge in [-0.1, -0.05) is 15.9 Å². The van der Waals surface area contributed by atoms with Gasteiger partial charge in [0.25, 0.3) is 0 Å². The third-order valence-electron chi connectivity index (χ3n) is 3.26. The van der Waals surface area contributed by atoms with Crippen LogP contribution in [0.2, 0.25) is 0 Å². The van der Waals surface area contributed by atoms with E-state index in [1.165, 1.54) is 18.4 Å². The summed E-state index contributed by atoms with van der Waals surface area (Å²) in [5.74, 6) is 1.76. The molecule has 106 valence electrons. The maximum Gasteiger partial charge on any atom is 0.119 e. The fraction of sp³-hybridized carbons (Fsp3) is 0.600. The molecule has 0 aromatic heterocycles. The van der Waals surface area contributed by atoms with E-state index in [2.05, 4.69) is 27.3 Å². The van der Waals surface area contributed by atoms with Crippen molar-refractivity contribution in [2.24, 2.45) is 5.92 Å². The molecule has 1 aliphatic carbocycles. The van der Waals surface area contributed by atoms with Gasteiger partial charge in [0, 0.05) is 24.2 Å². The molecule has 19 heavy (non-hydrogen) atoms. The minimum absolute atomic E-state index is 0.848. The van der Waals surface area contributed by atoms with Crippen LogP contribution in [0.1, 0.15) is 24.8 Å². The average Bonchev–Trinajstić information content (AvgIpc) is 3.23. The van der Waals surface area contributed by atoms with Gasteiger partial charge in [0.15, 0.2) is 0 Å². The van der Waals surface area contributed by atoms with Crippen molar-refractivity contribution in [1.29, 1.82) is 0 Å². The molecule has 3 nitrogen and oxygen atoms in total. The molecular formula is C15H22BrNO2. The lowest BCUT2D eigenvalue weighted by Gasteiger charge is -2.09. The van der Waals surface area contributed by atoms with Gasteiger partial charge in [0.2, 0.25) is 0 Å². The highest BCUT2D eigenvalue weighted by Crippen LogP contribution is 2.28. The Kier molecular flexibility index (Phi) is 6.14. The summed E-state index contributed by atoms with van der Waals surface area (Å²) in [6.07, 6.45) is 3.79. The number of rotatable bonds is 9. The number of ether oxygens (including phenoxy) is 2. The van der Waals surface area contributed by atoms with Crippen molar-refractivity contribution in [2.45, 2.75) is 25.8 Å². The highest BCUT2D eigenvalue weighted by molar-refractivity contribution is 9.10. The topological polar surface area (TPSA) is 30.5 Å². The smallest absolute Gasteiger partial charge is 0.119 e. The Labute approximate surface area is 123 Å². The zero-order chi connectivity index (χ0) is 13.5.